The molecule has 2 aromatic carbocycles. The standard InChI is InChI=1S/C16H13ClO2S/c1-2-19-15(18)9-10-6-7-11-14(8-10)20-13-5-3-4-12(17)16(11)13/h3-8H,2,9H2,1H3. The first-order valence-electron chi connectivity index (χ1n) is 6.44. The van der Waals surface area contributed by atoms with Crippen LogP contribution in [0.5, 0.6) is 0 Å². The Balaban J connectivity index is 2.06. The number of hydrogen-bond acceptors (Lipinski definition) is 3. The molecule has 0 spiro atoms. The minimum atomic E-state index is -0.189. The molecule has 0 aliphatic rings. The second-order valence-corrected chi connectivity index (χ2v) is 6.02. The lowest BCUT2D eigenvalue weighted by atomic mass is 10.1. The van der Waals surface area contributed by atoms with E-state index in [2.05, 4.69) is 6.07 Å². The van der Waals surface area contributed by atoms with Gasteiger partial charge in [-0.05, 0) is 30.7 Å². The quantitative estimate of drug-likeness (QED) is 0.649. The van der Waals surface area contributed by atoms with E-state index in [1.54, 1.807) is 11.3 Å². The van der Waals surface area contributed by atoms with Crippen molar-refractivity contribution in [2.75, 3.05) is 6.61 Å². The van der Waals surface area contributed by atoms with Crippen molar-refractivity contribution in [1.29, 1.82) is 0 Å². The van der Waals surface area contributed by atoms with Crippen LogP contribution in [-0.4, -0.2) is 12.6 Å². The van der Waals surface area contributed by atoms with Crippen LogP contribution < -0.4 is 0 Å². The molecule has 0 amide bonds. The third-order valence-electron chi connectivity index (χ3n) is 3.16. The highest BCUT2D eigenvalue weighted by Gasteiger charge is 2.10. The highest BCUT2D eigenvalue weighted by molar-refractivity contribution is 7.26. The Morgan fingerprint density at radius 2 is 2.10 bits per heavy atom. The summed E-state index contributed by atoms with van der Waals surface area (Å²) in [5, 5.41) is 3.01. The zero-order chi connectivity index (χ0) is 14.1. The molecule has 4 heteroatoms. The monoisotopic (exact) mass is 304 g/mol. The van der Waals surface area contributed by atoms with Gasteiger partial charge in [-0.25, -0.2) is 0 Å². The number of esters is 1. The van der Waals surface area contributed by atoms with E-state index in [1.165, 1.54) is 4.70 Å². The van der Waals surface area contributed by atoms with Gasteiger partial charge in [-0.1, -0.05) is 29.8 Å². The molecule has 1 aromatic heterocycles. The zero-order valence-electron chi connectivity index (χ0n) is 11.0. The lowest BCUT2D eigenvalue weighted by Gasteiger charge is -2.02. The molecule has 0 bridgehead atoms. The van der Waals surface area contributed by atoms with E-state index in [0.29, 0.717) is 13.0 Å². The van der Waals surface area contributed by atoms with Crippen LogP contribution in [0, 0.1) is 0 Å². The molecule has 0 saturated carbocycles. The highest BCUT2D eigenvalue weighted by Crippen LogP contribution is 2.38. The summed E-state index contributed by atoms with van der Waals surface area (Å²) < 4.78 is 7.29. The normalized spacial score (nSPS) is 11.1. The topological polar surface area (TPSA) is 26.3 Å². The van der Waals surface area contributed by atoms with E-state index in [4.69, 9.17) is 16.3 Å². The average molecular weight is 305 g/mol. The summed E-state index contributed by atoms with van der Waals surface area (Å²) in [6, 6.07) is 12.0. The van der Waals surface area contributed by atoms with Gasteiger partial charge in [-0.3, -0.25) is 4.79 Å². The van der Waals surface area contributed by atoms with Crippen molar-refractivity contribution in [1.82, 2.24) is 0 Å². The SMILES string of the molecule is CCOC(=O)Cc1ccc2c(c1)sc1cccc(Cl)c12. The minimum Gasteiger partial charge on any atom is -0.466 e. The van der Waals surface area contributed by atoms with Gasteiger partial charge in [0.15, 0.2) is 0 Å². The summed E-state index contributed by atoms with van der Waals surface area (Å²) in [4.78, 5) is 11.5. The van der Waals surface area contributed by atoms with Gasteiger partial charge in [0, 0.05) is 25.2 Å². The molecule has 0 atom stereocenters. The van der Waals surface area contributed by atoms with Crippen molar-refractivity contribution in [3.63, 3.8) is 0 Å². The fourth-order valence-corrected chi connectivity index (χ4v) is 3.84. The molecule has 102 valence electrons. The third-order valence-corrected chi connectivity index (χ3v) is 4.60. The first kappa shape index (κ1) is 13.4. The summed E-state index contributed by atoms with van der Waals surface area (Å²) in [5.41, 5.74) is 0.971. The predicted octanol–water partition coefficient (Wildman–Crippen LogP) is 4.81. The lowest BCUT2D eigenvalue weighted by molar-refractivity contribution is -0.142. The van der Waals surface area contributed by atoms with Gasteiger partial charge in [0.25, 0.3) is 0 Å². The average Bonchev–Trinajstić information content (AvgIpc) is 2.77. The molecule has 1 heterocycles. The molecular weight excluding hydrogens is 292 g/mol. The zero-order valence-corrected chi connectivity index (χ0v) is 12.6. The molecule has 0 unspecified atom stereocenters. The number of benzene rings is 2. The van der Waals surface area contributed by atoms with E-state index in [-0.39, 0.29) is 5.97 Å². The summed E-state index contributed by atoms with van der Waals surface area (Å²) in [7, 11) is 0. The van der Waals surface area contributed by atoms with E-state index >= 15 is 0 Å². The van der Waals surface area contributed by atoms with Gasteiger partial charge in [0.1, 0.15) is 0 Å². The second kappa shape index (κ2) is 5.43. The fourth-order valence-electron chi connectivity index (χ4n) is 2.32. The van der Waals surface area contributed by atoms with Crippen LogP contribution in [0.1, 0.15) is 12.5 Å². The number of fused-ring (bicyclic) bond motifs is 3. The van der Waals surface area contributed by atoms with Crippen molar-refractivity contribution in [3.05, 3.63) is 47.0 Å². The van der Waals surface area contributed by atoms with Crippen LogP contribution in [0.25, 0.3) is 20.2 Å². The molecule has 2 nitrogen and oxygen atoms in total. The van der Waals surface area contributed by atoms with Crippen LogP contribution >= 0.6 is 22.9 Å². The Hall–Kier alpha value is -1.58. The van der Waals surface area contributed by atoms with Crippen LogP contribution in [0.2, 0.25) is 5.02 Å². The molecule has 0 aliphatic heterocycles. The van der Waals surface area contributed by atoms with Gasteiger partial charge in [-0.2, -0.15) is 0 Å². The maximum absolute atomic E-state index is 11.5. The van der Waals surface area contributed by atoms with E-state index in [9.17, 15) is 4.79 Å². The van der Waals surface area contributed by atoms with Crippen LogP contribution in [0.4, 0.5) is 0 Å². The van der Waals surface area contributed by atoms with Crippen LogP contribution in [0.15, 0.2) is 36.4 Å². The smallest absolute Gasteiger partial charge is 0.310 e. The van der Waals surface area contributed by atoms with E-state index < -0.39 is 0 Å². The highest BCUT2D eigenvalue weighted by atomic mass is 35.5. The first-order valence-corrected chi connectivity index (χ1v) is 7.63. The number of rotatable bonds is 3. The minimum absolute atomic E-state index is 0.189. The molecule has 0 N–H and O–H groups in total. The number of carbonyl (C=O) groups is 1. The van der Waals surface area contributed by atoms with Gasteiger partial charge >= 0.3 is 5.97 Å². The number of hydrogen-bond donors (Lipinski definition) is 0. The summed E-state index contributed by atoms with van der Waals surface area (Å²) >= 11 is 7.97. The fraction of sp³-hybridized carbons (Fsp3) is 0.188. The van der Waals surface area contributed by atoms with Gasteiger partial charge in [0.2, 0.25) is 0 Å². The summed E-state index contributed by atoms with van der Waals surface area (Å²) in [6.45, 7) is 2.23. The third kappa shape index (κ3) is 2.39. The maximum atomic E-state index is 11.5. The number of carbonyl (C=O) groups excluding carboxylic acids is 1. The van der Waals surface area contributed by atoms with E-state index in [0.717, 1.165) is 26.1 Å². The molecule has 0 aliphatic carbocycles. The predicted molar refractivity (Wildman–Crippen MR) is 84.7 cm³/mol. The molecule has 3 aromatic rings. The van der Waals surface area contributed by atoms with Crippen molar-refractivity contribution in [2.45, 2.75) is 13.3 Å². The largest absolute Gasteiger partial charge is 0.466 e. The van der Waals surface area contributed by atoms with Crippen LogP contribution in [0.3, 0.4) is 0 Å². The Morgan fingerprint density at radius 1 is 1.25 bits per heavy atom. The molecule has 20 heavy (non-hydrogen) atoms. The number of thiophene rings is 1. The molecular formula is C16H13ClO2S. The van der Waals surface area contributed by atoms with E-state index in [1.807, 2.05) is 37.3 Å². The maximum Gasteiger partial charge on any atom is 0.310 e. The van der Waals surface area contributed by atoms with Gasteiger partial charge in [0.05, 0.1) is 13.0 Å². The molecule has 0 radical (unpaired) electrons. The van der Waals surface area contributed by atoms with Gasteiger partial charge < -0.3 is 4.74 Å². The number of halogens is 1. The van der Waals surface area contributed by atoms with Crippen molar-refractivity contribution >= 4 is 49.1 Å². The molecule has 0 fully saturated rings. The van der Waals surface area contributed by atoms with Crippen molar-refractivity contribution < 1.29 is 9.53 Å². The van der Waals surface area contributed by atoms with Crippen LogP contribution in [-0.2, 0) is 16.0 Å². The van der Waals surface area contributed by atoms with Gasteiger partial charge in [-0.15, -0.1) is 11.3 Å². The summed E-state index contributed by atoms with van der Waals surface area (Å²) in [5.74, 6) is -0.189. The second-order valence-electron chi connectivity index (χ2n) is 4.53. The lowest BCUT2D eigenvalue weighted by Crippen LogP contribution is -2.07. The Bertz CT molecular complexity index is 792. The number of ether oxygens (including phenoxy) is 1. The van der Waals surface area contributed by atoms with Crippen molar-refractivity contribution in [2.24, 2.45) is 0 Å². The Labute approximate surface area is 125 Å². The Kier molecular flexibility index (Phi) is 3.64. The first-order chi connectivity index (χ1) is 9.69. The van der Waals surface area contributed by atoms with Crippen molar-refractivity contribution in [3.8, 4) is 0 Å². The Morgan fingerprint density at radius 3 is 2.90 bits per heavy atom. The molecule has 0 saturated heterocycles. The summed E-state index contributed by atoms with van der Waals surface area (Å²) in [6.07, 6.45) is 0.311. The molecule has 3 rings (SSSR count).